The lowest BCUT2D eigenvalue weighted by Gasteiger charge is -2.17. The summed E-state index contributed by atoms with van der Waals surface area (Å²) in [5.74, 6) is 0.153. The highest BCUT2D eigenvalue weighted by atomic mass is 16.2. The summed E-state index contributed by atoms with van der Waals surface area (Å²) in [7, 11) is 3.74. The molecule has 6 heteroatoms. The van der Waals surface area contributed by atoms with Gasteiger partial charge >= 0.3 is 0 Å². The van der Waals surface area contributed by atoms with E-state index in [1.54, 1.807) is 4.90 Å². The van der Waals surface area contributed by atoms with Crippen LogP contribution in [0.3, 0.4) is 0 Å². The normalized spacial score (nSPS) is 11.4. The van der Waals surface area contributed by atoms with Crippen molar-refractivity contribution >= 4 is 22.5 Å². The summed E-state index contributed by atoms with van der Waals surface area (Å²) in [6, 6.07) is 8.03. The third-order valence-corrected chi connectivity index (χ3v) is 4.73. The molecular weight excluding hydrogens is 314 g/mol. The van der Waals surface area contributed by atoms with Crippen LogP contribution in [-0.2, 0) is 11.2 Å². The first-order valence-electron chi connectivity index (χ1n) is 8.65. The summed E-state index contributed by atoms with van der Waals surface area (Å²) < 4.78 is 1.90. The van der Waals surface area contributed by atoms with Gasteiger partial charge in [0.1, 0.15) is 0 Å². The SMILES string of the molecule is CNCCN(C)C(=O)CCc1c(C)nc2c3ccccc3nn2c1C. The van der Waals surface area contributed by atoms with E-state index < -0.39 is 0 Å². The van der Waals surface area contributed by atoms with Gasteiger partial charge in [0.2, 0.25) is 5.91 Å². The Hall–Kier alpha value is -2.47. The molecule has 2 aromatic heterocycles. The molecule has 0 aliphatic carbocycles. The number of aryl methyl sites for hydroxylation is 2. The van der Waals surface area contributed by atoms with Crippen LogP contribution in [0.5, 0.6) is 0 Å². The van der Waals surface area contributed by atoms with Gasteiger partial charge in [0.25, 0.3) is 0 Å². The van der Waals surface area contributed by atoms with E-state index in [2.05, 4.69) is 17.3 Å². The maximum absolute atomic E-state index is 12.3. The number of benzene rings is 1. The highest BCUT2D eigenvalue weighted by Crippen LogP contribution is 2.23. The van der Waals surface area contributed by atoms with Crippen LogP contribution in [0.1, 0.15) is 23.4 Å². The largest absolute Gasteiger partial charge is 0.344 e. The number of nitrogens with zero attached hydrogens (tertiary/aromatic N) is 4. The van der Waals surface area contributed by atoms with Crippen molar-refractivity contribution in [3.05, 3.63) is 41.2 Å². The lowest BCUT2D eigenvalue weighted by Crippen LogP contribution is -2.33. The number of hydrogen-bond donors (Lipinski definition) is 1. The minimum Gasteiger partial charge on any atom is -0.344 e. The lowest BCUT2D eigenvalue weighted by molar-refractivity contribution is -0.129. The van der Waals surface area contributed by atoms with Crippen molar-refractivity contribution < 1.29 is 4.79 Å². The molecule has 0 unspecified atom stereocenters. The van der Waals surface area contributed by atoms with Crippen LogP contribution >= 0.6 is 0 Å². The van der Waals surface area contributed by atoms with Gasteiger partial charge in [-0.3, -0.25) is 4.79 Å². The second-order valence-corrected chi connectivity index (χ2v) is 6.43. The summed E-state index contributed by atoms with van der Waals surface area (Å²) in [6.45, 7) is 5.58. The van der Waals surface area contributed by atoms with Gasteiger partial charge in [0.05, 0.1) is 5.52 Å². The molecule has 132 valence electrons. The van der Waals surface area contributed by atoms with Crippen molar-refractivity contribution in [3.63, 3.8) is 0 Å². The van der Waals surface area contributed by atoms with Crippen LogP contribution < -0.4 is 5.32 Å². The fourth-order valence-corrected chi connectivity index (χ4v) is 3.17. The van der Waals surface area contributed by atoms with Gasteiger partial charge in [-0.05, 0) is 45.0 Å². The Morgan fingerprint density at radius 3 is 2.80 bits per heavy atom. The van der Waals surface area contributed by atoms with Crippen molar-refractivity contribution in [1.82, 2.24) is 24.8 Å². The molecule has 0 aliphatic rings. The van der Waals surface area contributed by atoms with E-state index in [-0.39, 0.29) is 5.91 Å². The first-order chi connectivity index (χ1) is 12.0. The van der Waals surface area contributed by atoms with Crippen LogP contribution in [-0.4, -0.2) is 52.6 Å². The van der Waals surface area contributed by atoms with E-state index in [4.69, 9.17) is 4.98 Å². The molecule has 0 spiro atoms. The second kappa shape index (κ2) is 7.19. The van der Waals surface area contributed by atoms with Crippen molar-refractivity contribution in [2.45, 2.75) is 26.7 Å². The summed E-state index contributed by atoms with van der Waals surface area (Å²) in [4.78, 5) is 18.8. The number of carbonyl (C=O) groups excluding carboxylic acids is 1. The fraction of sp³-hybridized carbons (Fsp3) is 0.421. The lowest BCUT2D eigenvalue weighted by atomic mass is 10.1. The molecular formula is C19H25N5O. The third-order valence-electron chi connectivity index (χ3n) is 4.73. The number of carbonyl (C=O) groups is 1. The Labute approximate surface area is 147 Å². The molecule has 0 atom stereocenters. The van der Waals surface area contributed by atoms with Gasteiger partial charge < -0.3 is 10.2 Å². The number of hydrogen-bond acceptors (Lipinski definition) is 4. The standard InChI is InChI=1S/C19H25N5O/c1-13-15(9-10-18(25)23(4)12-11-20-3)14(2)24-19(21-13)16-7-5-6-8-17(16)22-24/h5-8,20H,9-12H2,1-4H3. The number of aromatic nitrogens is 3. The molecule has 1 amide bonds. The number of fused-ring (bicyclic) bond motifs is 3. The Morgan fingerprint density at radius 2 is 2.04 bits per heavy atom. The minimum absolute atomic E-state index is 0.153. The molecule has 0 fully saturated rings. The second-order valence-electron chi connectivity index (χ2n) is 6.43. The summed E-state index contributed by atoms with van der Waals surface area (Å²) >= 11 is 0. The zero-order valence-electron chi connectivity index (χ0n) is 15.3. The molecule has 0 bridgehead atoms. The Morgan fingerprint density at radius 1 is 1.28 bits per heavy atom. The summed E-state index contributed by atoms with van der Waals surface area (Å²) in [5, 5.41) is 8.79. The van der Waals surface area contributed by atoms with Crippen LogP contribution in [0.25, 0.3) is 16.6 Å². The Bertz CT molecular complexity index is 915. The Balaban J connectivity index is 1.87. The zero-order chi connectivity index (χ0) is 18.0. The smallest absolute Gasteiger partial charge is 0.222 e. The molecule has 25 heavy (non-hydrogen) atoms. The predicted octanol–water partition coefficient (Wildman–Crippen LogP) is 2.11. The predicted molar refractivity (Wildman–Crippen MR) is 99.9 cm³/mol. The first-order valence-corrected chi connectivity index (χ1v) is 8.65. The third kappa shape index (κ3) is 3.35. The average Bonchev–Trinajstić information content (AvgIpc) is 2.98. The van der Waals surface area contributed by atoms with Gasteiger partial charge in [-0.1, -0.05) is 12.1 Å². The van der Waals surface area contributed by atoms with Crippen LogP contribution in [0.4, 0.5) is 0 Å². The molecule has 0 saturated heterocycles. The van der Waals surface area contributed by atoms with Gasteiger partial charge in [-0.25, -0.2) is 9.50 Å². The van der Waals surface area contributed by atoms with E-state index in [1.807, 2.05) is 49.8 Å². The molecule has 0 aliphatic heterocycles. The number of amides is 1. The van der Waals surface area contributed by atoms with Crippen LogP contribution in [0.2, 0.25) is 0 Å². The molecule has 3 aromatic rings. The number of rotatable bonds is 6. The molecule has 0 radical (unpaired) electrons. The zero-order valence-corrected chi connectivity index (χ0v) is 15.3. The monoisotopic (exact) mass is 339 g/mol. The van der Waals surface area contributed by atoms with Crippen molar-refractivity contribution in [2.75, 3.05) is 27.2 Å². The molecule has 1 aromatic carbocycles. The van der Waals surface area contributed by atoms with Gasteiger partial charge in [-0.15, -0.1) is 0 Å². The topological polar surface area (TPSA) is 62.5 Å². The molecule has 6 nitrogen and oxygen atoms in total. The molecule has 1 N–H and O–H groups in total. The minimum atomic E-state index is 0.153. The Kier molecular flexibility index (Phi) is 4.99. The average molecular weight is 339 g/mol. The highest BCUT2D eigenvalue weighted by Gasteiger charge is 2.16. The van der Waals surface area contributed by atoms with Crippen LogP contribution in [0, 0.1) is 13.8 Å². The highest BCUT2D eigenvalue weighted by molar-refractivity contribution is 5.92. The van der Waals surface area contributed by atoms with Crippen LogP contribution in [0.15, 0.2) is 24.3 Å². The van der Waals surface area contributed by atoms with E-state index in [9.17, 15) is 4.79 Å². The van der Waals surface area contributed by atoms with Gasteiger partial charge in [-0.2, -0.15) is 5.10 Å². The van der Waals surface area contributed by atoms with Gasteiger partial charge in [0, 0.05) is 43.3 Å². The van der Waals surface area contributed by atoms with Crippen molar-refractivity contribution in [2.24, 2.45) is 0 Å². The molecule has 3 rings (SSSR count). The molecule has 2 heterocycles. The van der Waals surface area contributed by atoms with Crippen molar-refractivity contribution in [3.8, 4) is 0 Å². The number of nitrogens with one attached hydrogen (secondary N) is 1. The van der Waals surface area contributed by atoms with E-state index in [0.717, 1.165) is 46.6 Å². The van der Waals surface area contributed by atoms with E-state index in [1.165, 1.54) is 0 Å². The van der Waals surface area contributed by atoms with E-state index >= 15 is 0 Å². The molecule has 0 saturated carbocycles. The maximum atomic E-state index is 12.3. The fourth-order valence-electron chi connectivity index (χ4n) is 3.17. The summed E-state index contributed by atoms with van der Waals surface area (Å²) in [6.07, 6.45) is 1.16. The first kappa shape index (κ1) is 17.4. The van der Waals surface area contributed by atoms with E-state index in [0.29, 0.717) is 12.8 Å². The summed E-state index contributed by atoms with van der Waals surface area (Å²) in [5.41, 5.74) is 4.96. The van der Waals surface area contributed by atoms with Gasteiger partial charge in [0.15, 0.2) is 5.65 Å². The maximum Gasteiger partial charge on any atom is 0.222 e. The number of likely N-dealkylation sites (N-methyl/N-ethyl adjacent to an activating group) is 2. The van der Waals surface area contributed by atoms with Crippen molar-refractivity contribution in [1.29, 1.82) is 0 Å². The quantitative estimate of drug-likeness (QED) is 0.747.